The molecular formula is C18H20N2OS. The normalized spacial score (nSPS) is 17.2. The van der Waals surface area contributed by atoms with E-state index < -0.39 is 0 Å². The first-order valence-corrected chi connectivity index (χ1v) is 8.04. The first kappa shape index (κ1) is 15.0. The van der Waals surface area contributed by atoms with Gasteiger partial charge in [-0.2, -0.15) is 0 Å². The zero-order valence-corrected chi connectivity index (χ0v) is 13.2. The molecule has 0 spiro atoms. The molecule has 1 saturated heterocycles. The summed E-state index contributed by atoms with van der Waals surface area (Å²) in [5.74, 6) is 0. The number of thiocarbonyl (C=S) groups is 1. The molecule has 0 bridgehead atoms. The first-order valence-electron chi connectivity index (χ1n) is 7.64. The van der Waals surface area contributed by atoms with Crippen LogP contribution >= 0.6 is 12.2 Å². The molecule has 2 aromatic rings. The number of nitrogens with one attached hydrogen (secondary N) is 2. The molecule has 1 aliphatic rings. The Kier molecular flexibility index (Phi) is 5.03. The molecule has 22 heavy (non-hydrogen) atoms. The molecular weight excluding hydrogens is 292 g/mol. The summed E-state index contributed by atoms with van der Waals surface area (Å²) >= 11 is 5.40. The Labute approximate surface area is 136 Å². The van der Waals surface area contributed by atoms with E-state index in [1.54, 1.807) is 0 Å². The molecule has 1 unspecified atom stereocenters. The van der Waals surface area contributed by atoms with Crippen molar-refractivity contribution in [3.63, 3.8) is 0 Å². The number of benzene rings is 2. The van der Waals surface area contributed by atoms with Crippen molar-refractivity contribution in [2.24, 2.45) is 0 Å². The summed E-state index contributed by atoms with van der Waals surface area (Å²) in [6.07, 6.45) is 2.53. The number of para-hydroxylation sites is 1. The number of hydrogen-bond acceptors (Lipinski definition) is 2. The summed E-state index contributed by atoms with van der Waals surface area (Å²) in [4.78, 5) is 0. The highest BCUT2D eigenvalue weighted by Gasteiger charge is 2.15. The molecule has 1 atom stereocenters. The minimum Gasteiger partial charge on any atom is -0.376 e. The Morgan fingerprint density at radius 1 is 1.09 bits per heavy atom. The third-order valence-electron chi connectivity index (χ3n) is 3.77. The van der Waals surface area contributed by atoms with E-state index in [0.29, 0.717) is 5.11 Å². The maximum atomic E-state index is 5.60. The molecule has 0 aliphatic carbocycles. The van der Waals surface area contributed by atoms with E-state index in [1.807, 2.05) is 36.4 Å². The van der Waals surface area contributed by atoms with E-state index in [1.165, 1.54) is 5.56 Å². The third kappa shape index (κ3) is 3.84. The molecule has 114 valence electrons. The van der Waals surface area contributed by atoms with Crippen molar-refractivity contribution < 1.29 is 4.74 Å². The first-order chi connectivity index (χ1) is 10.8. The molecule has 0 amide bonds. The Morgan fingerprint density at radius 2 is 1.86 bits per heavy atom. The molecule has 2 N–H and O–H groups in total. The monoisotopic (exact) mass is 312 g/mol. The lowest BCUT2D eigenvalue weighted by molar-refractivity contribution is 0.114. The average Bonchev–Trinajstić information content (AvgIpc) is 3.08. The van der Waals surface area contributed by atoms with E-state index in [4.69, 9.17) is 17.0 Å². The zero-order valence-electron chi connectivity index (χ0n) is 12.4. The standard InChI is InChI=1S/C18H20N2OS/c22-18(19-13-15-9-6-12-21-15)20-17-11-5-4-10-16(17)14-7-2-1-3-8-14/h1-5,7-8,10-11,15H,6,9,12-13H2,(H2,19,20,22). The van der Waals surface area contributed by atoms with Gasteiger partial charge in [0.15, 0.2) is 5.11 Å². The van der Waals surface area contributed by atoms with Crippen molar-refractivity contribution in [1.82, 2.24) is 5.32 Å². The van der Waals surface area contributed by atoms with Crippen molar-refractivity contribution in [2.75, 3.05) is 18.5 Å². The highest BCUT2D eigenvalue weighted by molar-refractivity contribution is 7.80. The van der Waals surface area contributed by atoms with Gasteiger partial charge in [-0.25, -0.2) is 0 Å². The third-order valence-corrected chi connectivity index (χ3v) is 4.02. The SMILES string of the molecule is S=C(NCC1CCCO1)Nc1ccccc1-c1ccccc1. The summed E-state index contributed by atoms with van der Waals surface area (Å²) in [7, 11) is 0. The zero-order chi connectivity index (χ0) is 15.2. The lowest BCUT2D eigenvalue weighted by Gasteiger charge is -2.16. The van der Waals surface area contributed by atoms with E-state index in [9.17, 15) is 0 Å². The van der Waals surface area contributed by atoms with Crippen LogP contribution in [0.3, 0.4) is 0 Å². The molecule has 1 heterocycles. The number of hydrogen-bond donors (Lipinski definition) is 2. The van der Waals surface area contributed by atoms with Gasteiger partial charge in [-0.05, 0) is 36.7 Å². The van der Waals surface area contributed by atoms with Crippen LogP contribution in [0.25, 0.3) is 11.1 Å². The smallest absolute Gasteiger partial charge is 0.170 e. The Bertz CT molecular complexity index is 624. The van der Waals surface area contributed by atoms with Crippen LogP contribution in [0.5, 0.6) is 0 Å². The second-order valence-corrected chi connectivity index (χ2v) is 5.79. The van der Waals surface area contributed by atoms with Gasteiger partial charge < -0.3 is 15.4 Å². The predicted octanol–water partition coefficient (Wildman–Crippen LogP) is 3.82. The lowest BCUT2D eigenvalue weighted by Crippen LogP contribution is -2.34. The summed E-state index contributed by atoms with van der Waals surface area (Å²) in [5.41, 5.74) is 3.33. The number of anilines is 1. The Balaban J connectivity index is 1.66. The minimum absolute atomic E-state index is 0.282. The fourth-order valence-electron chi connectivity index (χ4n) is 2.64. The molecule has 1 aliphatic heterocycles. The largest absolute Gasteiger partial charge is 0.376 e. The van der Waals surface area contributed by atoms with Gasteiger partial charge in [-0.1, -0.05) is 48.5 Å². The number of ether oxygens (including phenoxy) is 1. The van der Waals surface area contributed by atoms with Gasteiger partial charge in [0.1, 0.15) is 0 Å². The molecule has 0 saturated carbocycles. The maximum Gasteiger partial charge on any atom is 0.170 e. The van der Waals surface area contributed by atoms with Crippen LogP contribution in [0.15, 0.2) is 54.6 Å². The topological polar surface area (TPSA) is 33.3 Å². The average molecular weight is 312 g/mol. The highest BCUT2D eigenvalue weighted by atomic mass is 32.1. The van der Waals surface area contributed by atoms with E-state index in [-0.39, 0.29) is 6.10 Å². The van der Waals surface area contributed by atoms with Gasteiger partial charge in [-0.3, -0.25) is 0 Å². The summed E-state index contributed by atoms with van der Waals surface area (Å²) in [6, 6.07) is 18.5. The molecule has 2 aromatic carbocycles. The lowest BCUT2D eigenvalue weighted by atomic mass is 10.0. The van der Waals surface area contributed by atoms with Crippen molar-refractivity contribution in [1.29, 1.82) is 0 Å². The Hall–Kier alpha value is -1.91. The molecule has 4 heteroatoms. The summed E-state index contributed by atoms with van der Waals surface area (Å²) in [6.45, 7) is 1.63. The van der Waals surface area contributed by atoms with Crippen LogP contribution in [-0.4, -0.2) is 24.4 Å². The van der Waals surface area contributed by atoms with Gasteiger partial charge in [0.05, 0.1) is 6.10 Å². The van der Waals surface area contributed by atoms with E-state index >= 15 is 0 Å². The fourth-order valence-corrected chi connectivity index (χ4v) is 2.83. The quantitative estimate of drug-likeness (QED) is 0.841. The minimum atomic E-state index is 0.282. The summed E-state index contributed by atoms with van der Waals surface area (Å²) in [5, 5.41) is 7.18. The molecule has 3 nitrogen and oxygen atoms in total. The van der Waals surface area contributed by atoms with Crippen molar-refractivity contribution in [3.8, 4) is 11.1 Å². The molecule has 0 radical (unpaired) electrons. The molecule has 3 rings (SSSR count). The maximum absolute atomic E-state index is 5.60. The van der Waals surface area contributed by atoms with Crippen LogP contribution in [0, 0.1) is 0 Å². The van der Waals surface area contributed by atoms with Crippen LogP contribution in [-0.2, 0) is 4.74 Å². The van der Waals surface area contributed by atoms with Crippen molar-refractivity contribution in [3.05, 3.63) is 54.6 Å². The second kappa shape index (κ2) is 7.38. The van der Waals surface area contributed by atoms with Crippen LogP contribution in [0.2, 0.25) is 0 Å². The fraction of sp³-hybridized carbons (Fsp3) is 0.278. The van der Waals surface area contributed by atoms with Crippen molar-refractivity contribution in [2.45, 2.75) is 18.9 Å². The van der Waals surface area contributed by atoms with Crippen molar-refractivity contribution >= 4 is 23.0 Å². The van der Waals surface area contributed by atoms with Crippen LogP contribution < -0.4 is 10.6 Å². The molecule has 1 fully saturated rings. The van der Waals surface area contributed by atoms with Crippen LogP contribution in [0.1, 0.15) is 12.8 Å². The van der Waals surface area contributed by atoms with Gasteiger partial charge in [-0.15, -0.1) is 0 Å². The number of rotatable bonds is 4. The second-order valence-electron chi connectivity index (χ2n) is 5.38. The summed E-state index contributed by atoms with van der Waals surface area (Å²) < 4.78 is 5.60. The van der Waals surface area contributed by atoms with Gasteiger partial charge >= 0.3 is 0 Å². The van der Waals surface area contributed by atoms with E-state index in [2.05, 4.69) is 28.8 Å². The Morgan fingerprint density at radius 3 is 2.64 bits per heavy atom. The van der Waals surface area contributed by atoms with Gasteiger partial charge in [0.2, 0.25) is 0 Å². The predicted molar refractivity (Wildman–Crippen MR) is 95.1 cm³/mol. The van der Waals surface area contributed by atoms with Crippen LogP contribution in [0.4, 0.5) is 5.69 Å². The van der Waals surface area contributed by atoms with E-state index in [0.717, 1.165) is 37.2 Å². The highest BCUT2D eigenvalue weighted by Crippen LogP contribution is 2.27. The van der Waals surface area contributed by atoms with Gasteiger partial charge in [0, 0.05) is 24.4 Å². The van der Waals surface area contributed by atoms with Gasteiger partial charge in [0.25, 0.3) is 0 Å². The molecule has 0 aromatic heterocycles.